The first-order chi connectivity index (χ1) is 12.1. The predicted molar refractivity (Wildman–Crippen MR) is 95.0 cm³/mol. The number of aliphatic imine (C=N–C) groups is 1. The van der Waals surface area contributed by atoms with Gasteiger partial charge in [0.25, 0.3) is 5.56 Å². The summed E-state index contributed by atoms with van der Waals surface area (Å²) < 4.78 is 6.62. The lowest BCUT2D eigenvalue weighted by Gasteiger charge is -2.13. The second kappa shape index (κ2) is 7.48. The minimum atomic E-state index is -0.688. The number of nitrogens with zero attached hydrogens (tertiary/aromatic N) is 2. The number of hydrogen-bond donors (Lipinski definition) is 2. The SMILES string of the molecule is CCC(=NC[C@@H]1CCCO1)c1c(O)n(-c2ccccc2)c(=O)[nH]c1=O. The van der Waals surface area contributed by atoms with E-state index in [2.05, 4.69) is 9.98 Å². The average molecular weight is 343 g/mol. The fraction of sp³-hybridized carbons (Fsp3) is 0.389. The Balaban J connectivity index is 2.07. The Bertz CT molecular complexity index is 877. The Labute approximate surface area is 144 Å². The smallest absolute Gasteiger partial charge is 0.335 e. The predicted octanol–water partition coefficient (Wildman–Crippen LogP) is 1.61. The van der Waals surface area contributed by atoms with Crippen LogP contribution in [-0.4, -0.2) is 39.6 Å². The Morgan fingerprint density at radius 1 is 1.36 bits per heavy atom. The molecule has 1 aromatic carbocycles. The highest BCUT2D eigenvalue weighted by Crippen LogP contribution is 2.19. The van der Waals surface area contributed by atoms with Gasteiger partial charge in [-0.05, 0) is 31.4 Å². The van der Waals surface area contributed by atoms with Gasteiger partial charge in [-0.3, -0.25) is 14.8 Å². The third kappa shape index (κ3) is 3.56. The van der Waals surface area contributed by atoms with E-state index in [1.807, 2.05) is 6.92 Å². The van der Waals surface area contributed by atoms with Crippen LogP contribution >= 0.6 is 0 Å². The number of aromatic hydroxyl groups is 1. The van der Waals surface area contributed by atoms with Crippen molar-refractivity contribution in [2.75, 3.05) is 13.2 Å². The Hall–Kier alpha value is -2.67. The zero-order chi connectivity index (χ0) is 17.8. The Morgan fingerprint density at radius 2 is 2.12 bits per heavy atom. The summed E-state index contributed by atoms with van der Waals surface area (Å²) in [5.74, 6) is -0.395. The van der Waals surface area contributed by atoms with Crippen LogP contribution < -0.4 is 11.2 Å². The lowest BCUT2D eigenvalue weighted by Crippen LogP contribution is -2.33. The molecule has 2 heterocycles. The molecule has 1 atom stereocenters. The molecule has 7 heteroatoms. The van der Waals surface area contributed by atoms with Crippen LogP contribution in [-0.2, 0) is 4.74 Å². The molecular formula is C18H21N3O4. The van der Waals surface area contributed by atoms with Crippen LogP contribution in [0.2, 0.25) is 0 Å². The zero-order valence-electron chi connectivity index (χ0n) is 14.1. The first kappa shape index (κ1) is 17.2. The highest BCUT2D eigenvalue weighted by molar-refractivity contribution is 6.02. The van der Waals surface area contributed by atoms with Gasteiger partial charge in [-0.25, -0.2) is 9.36 Å². The molecule has 1 saturated heterocycles. The minimum Gasteiger partial charge on any atom is -0.493 e. The second-order valence-electron chi connectivity index (χ2n) is 5.90. The number of nitrogens with one attached hydrogen (secondary N) is 1. The summed E-state index contributed by atoms with van der Waals surface area (Å²) in [6.45, 7) is 3.02. The number of ether oxygens (including phenoxy) is 1. The summed E-state index contributed by atoms with van der Waals surface area (Å²) in [7, 11) is 0. The number of H-pyrrole nitrogens is 1. The first-order valence-electron chi connectivity index (χ1n) is 8.40. The van der Waals surface area contributed by atoms with Crippen molar-refractivity contribution in [1.29, 1.82) is 0 Å². The van der Waals surface area contributed by atoms with Gasteiger partial charge in [0.1, 0.15) is 5.56 Å². The molecule has 0 spiro atoms. The monoisotopic (exact) mass is 343 g/mol. The number of aromatic amines is 1. The molecule has 2 aromatic rings. The number of aromatic nitrogens is 2. The first-order valence-corrected chi connectivity index (χ1v) is 8.40. The van der Waals surface area contributed by atoms with Gasteiger partial charge < -0.3 is 9.84 Å². The normalized spacial score (nSPS) is 17.8. The molecule has 25 heavy (non-hydrogen) atoms. The number of hydrogen-bond acceptors (Lipinski definition) is 5. The van der Waals surface area contributed by atoms with Crippen LogP contribution in [0.4, 0.5) is 0 Å². The number of rotatable bonds is 5. The van der Waals surface area contributed by atoms with Gasteiger partial charge in [0, 0.05) is 6.61 Å². The Kier molecular flexibility index (Phi) is 5.14. The Morgan fingerprint density at radius 3 is 2.76 bits per heavy atom. The molecule has 0 saturated carbocycles. The largest absolute Gasteiger partial charge is 0.493 e. The average Bonchev–Trinajstić information content (AvgIpc) is 3.12. The molecule has 7 nitrogen and oxygen atoms in total. The van der Waals surface area contributed by atoms with E-state index in [1.54, 1.807) is 30.3 Å². The van der Waals surface area contributed by atoms with E-state index in [0.29, 0.717) is 24.4 Å². The van der Waals surface area contributed by atoms with E-state index in [-0.39, 0.29) is 11.7 Å². The third-order valence-corrected chi connectivity index (χ3v) is 4.23. The molecule has 0 radical (unpaired) electrons. The molecular weight excluding hydrogens is 322 g/mol. The van der Waals surface area contributed by atoms with Crippen molar-refractivity contribution < 1.29 is 9.84 Å². The molecule has 132 valence electrons. The number of para-hydroxylation sites is 1. The fourth-order valence-electron chi connectivity index (χ4n) is 2.97. The highest BCUT2D eigenvalue weighted by atomic mass is 16.5. The maximum atomic E-state index is 12.3. The van der Waals surface area contributed by atoms with Crippen LogP contribution in [0.15, 0.2) is 44.9 Å². The van der Waals surface area contributed by atoms with Crippen LogP contribution in [0.3, 0.4) is 0 Å². The number of benzene rings is 1. The summed E-state index contributed by atoms with van der Waals surface area (Å²) in [6.07, 6.45) is 2.44. The van der Waals surface area contributed by atoms with Gasteiger partial charge in [-0.1, -0.05) is 25.1 Å². The summed E-state index contributed by atoms with van der Waals surface area (Å²) >= 11 is 0. The van der Waals surface area contributed by atoms with Crippen molar-refractivity contribution >= 4 is 5.71 Å². The fourth-order valence-corrected chi connectivity index (χ4v) is 2.97. The van der Waals surface area contributed by atoms with Crippen LogP contribution in [0.1, 0.15) is 31.7 Å². The van der Waals surface area contributed by atoms with Crippen molar-refractivity contribution in [2.45, 2.75) is 32.3 Å². The third-order valence-electron chi connectivity index (χ3n) is 4.23. The summed E-state index contributed by atoms with van der Waals surface area (Å²) in [6, 6.07) is 8.66. The topological polar surface area (TPSA) is 96.7 Å². The zero-order valence-corrected chi connectivity index (χ0v) is 14.1. The molecule has 1 aliphatic rings. The molecule has 2 N–H and O–H groups in total. The quantitative estimate of drug-likeness (QED) is 0.806. The molecule has 1 aromatic heterocycles. The summed E-state index contributed by atoms with van der Waals surface area (Å²) in [5, 5.41) is 10.6. The van der Waals surface area contributed by atoms with Crippen molar-refractivity contribution in [3.63, 3.8) is 0 Å². The molecule has 0 aliphatic carbocycles. The maximum absolute atomic E-state index is 12.3. The van der Waals surface area contributed by atoms with E-state index in [0.717, 1.165) is 24.0 Å². The van der Waals surface area contributed by atoms with Crippen molar-refractivity contribution in [1.82, 2.24) is 9.55 Å². The second-order valence-corrected chi connectivity index (χ2v) is 5.90. The molecule has 3 rings (SSSR count). The van der Waals surface area contributed by atoms with Crippen molar-refractivity contribution in [2.24, 2.45) is 4.99 Å². The van der Waals surface area contributed by atoms with Gasteiger partial charge in [-0.2, -0.15) is 0 Å². The van der Waals surface area contributed by atoms with E-state index in [9.17, 15) is 14.7 Å². The van der Waals surface area contributed by atoms with Crippen LogP contribution in [0.5, 0.6) is 5.88 Å². The minimum absolute atomic E-state index is 0.0314. The van der Waals surface area contributed by atoms with Gasteiger partial charge in [0.05, 0.1) is 24.0 Å². The molecule has 0 unspecified atom stereocenters. The van der Waals surface area contributed by atoms with E-state index < -0.39 is 17.1 Å². The molecule has 0 amide bonds. The van der Waals surface area contributed by atoms with E-state index in [1.165, 1.54) is 0 Å². The van der Waals surface area contributed by atoms with Gasteiger partial charge in [0.15, 0.2) is 0 Å². The summed E-state index contributed by atoms with van der Waals surface area (Å²) in [5.41, 5.74) is -0.366. The lowest BCUT2D eigenvalue weighted by molar-refractivity contribution is 0.118. The van der Waals surface area contributed by atoms with E-state index >= 15 is 0 Å². The summed E-state index contributed by atoms with van der Waals surface area (Å²) in [4.78, 5) is 31.2. The lowest BCUT2D eigenvalue weighted by atomic mass is 10.1. The maximum Gasteiger partial charge on any atom is 0.335 e. The van der Waals surface area contributed by atoms with Crippen molar-refractivity contribution in [3.8, 4) is 11.6 Å². The standard InChI is InChI=1S/C18H21N3O4/c1-2-14(19-11-13-9-6-10-25-13)15-16(22)20-18(24)21(17(15)23)12-7-4-3-5-8-12/h3-5,7-8,13,23H,2,6,9-11H2,1H3,(H,20,22,24)/t13-/m0/s1. The molecule has 1 fully saturated rings. The van der Waals surface area contributed by atoms with Gasteiger partial charge in [0.2, 0.25) is 5.88 Å². The van der Waals surface area contributed by atoms with Gasteiger partial charge in [-0.15, -0.1) is 0 Å². The molecule has 0 bridgehead atoms. The van der Waals surface area contributed by atoms with Gasteiger partial charge >= 0.3 is 5.69 Å². The van der Waals surface area contributed by atoms with Crippen molar-refractivity contribution in [3.05, 3.63) is 56.7 Å². The molecule has 1 aliphatic heterocycles. The highest BCUT2D eigenvalue weighted by Gasteiger charge is 2.20. The van der Waals surface area contributed by atoms with Crippen LogP contribution in [0, 0.1) is 0 Å². The van der Waals surface area contributed by atoms with E-state index in [4.69, 9.17) is 4.74 Å². The van der Waals surface area contributed by atoms with Crippen LogP contribution in [0.25, 0.3) is 5.69 Å².